The van der Waals surface area contributed by atoms with E-state index in [1.54, 1.807) is 7.11 Å². The van der Waals surface area contributed by atoms with Crippen LogP contribution < -0.4 is 14.8 Å². The van der Waals surface area contributed by atoms with Crippen LogP contribution >= 0.6 is 0 Å². The average molecular weight is 277 g/mol. The highest BCUT2D eigenvalue weighted by molar-refractivity contribution is 5.31. The van der Waals surface area contributed by atoms with Crippen molar-refractivity contribution in [2.24, 2.45) is 5.41 Å². The lowest BCUT2D eigenvalue weighted by atomic mass is 9.75. The number of ether oxygens (including phenoxy) is 2. The smallest absolute Gasteiger partial charge is 0.119 e. The third kappa shape index (κ3) is 4.71. The number of methoxy groups -OCH3 is 1. The number of rotatable bonds is 6. The van der Waals surface area contributed by atoms with Gasteiger partial charge in [-0.15, -0.1) is 0 Å². The van der Waals surface area contributed by atoms with Crippen LogP contribution in [-0.2, 0) is 0 Å². The lowest BCUT2D eigenvalue weighted by molar-refractivity contribution is 0.200. The summed E-state index contributed by atoms with van der Waals surface area (Å²) in [5, 5.41) is 3.60. The van der Waals surface area contributed by atoms with E-state index < -0.39 is 0 Å². The Bertz CT molecular complexity index is 390. The van der Waals surface area contributed by atoms with Gasteiger partial charge in [-0.25, -0.2) is 0 Å². The fourth-order valence-electron chi connectivity index (χ4n) is 2.71. The molecule has 1 aromatic rings. The largest absolute Gasteiger partial charge is 0.497 e. The highest BCUT2D eigenvalue weighted by Crippen LogP contribution is 2.34. The fraction of sp³-hybridized carbons (Fsp3) is 0.647. The Kier molecular flexibility index (Phi) is 5.30. The van der Waals surface area contributed by atoms with E-state index >= 15 is 0 Å². The van der Waals surface area contributed by atoms with Gasteiger partial charge in [-0.3, -0.25) is 0 Å². The molecular formula is C17H27NO2. The quantitative estimate of drug-likeness (QED) is 0.805. The number of hydrogen-bond acceptors (Lipinski definition) is 3. The van der Waals surface area contributed by atoms with Crippen LogP contribution in [0.2, 0.25) is 0 Å². The maximum atomic E-state index is 5.72. The second kappa shape index (κ2) is 6.98. The van der Waals surface area contributed by atoms with E-state index in [-0.39, 0.29) is 0 Å². The summed E-state index contributed by atoms with van der Waals surface area (Å²) in [6.07, 6.45) is 5.22. The highest BCUT2D eigenvalue weighted by atomic mass is 16.5. The lowest BCUT2D eigenvalue weighted by Crippen LogP contribution is -2.37. The first-order valence-corrected chi connectivity index (χ1v) is 7.59. The molecule has 0 amide bonds. The maximum Gasteiger partial charge on any atom is 0.119 e. The molecule has 0 radical (unpaired) electrons. The van der Waals surface area contributed by atoms with Crippen molar-refractivity contribution in [1.29, 1.82) is 0 Å². The highest BCUT2D eigenvalue weighted by Gasteiger charge is 2.26. The van der Waals surface area contributed by atoms with Crippen LogP contribution in [0.15, 0.2) is 24.3 Å². The van der Waals surface area contributed by atoms with Crippen LogP contribution in [-0.4, -0.2) is 26.3 Å². The zero-order chi connectivity index (χ0) is 14.4. The van der Waals surface area contributed by atoms with Crippen molar-refractivity contribution in [3.8, 4) is 11.5 Å². The SMILES string of the molecule is COc1ccc(OCCNC2CCC(C)(C)CC2)cc1. The molecule has 0 bridgehead atoms. The molecule has 1 aliphatic carbocycles. The Morgan fingerprint density at radius 1 is 1.10 bits per heavy atom. The minimum absolute atomic E-state index is 0.539. The van der Waals surface area contributed by atoms with Gasteiger partial charge in [0.05, 0.1) is 7.11 Å². The molecule has 2 rings (SSSR count). The molecule has 1 aromatic carbocycles. The van der Waals surface area contributed by atoms with Gasteiger partial charge in [-0.05, 0) is 55.4 Å². The minimum atomic E-state index is 0.539. The van der Waals surface area contributed by atoms with Crippen LogP contribution in [0.25, 0.3) is 0 Å². The molecule has 0 aromatic heterocycles. The normalized spacial score (nSPS) is 18.8. The Morgan fingerprint density at radius 2 is 1.70 bits per heavy atom. The molecule has 3 nitrogen and oxygen atoms in total. The van der Waals surface area contributed by atoms with Gasteiger partial charge in [0.1, 0.15) is 18.1 Å². The fourth-order valence-corrected chi connectivity index (χ4v) is 2.71. The van der Waals surface area contributed by atoms with Gasteiger partial charge in [0.2, 0.25) is 0 Å². The third-order valence-corrected chi connectivity index (χ3v) is 4.20. The maximum absolute atomic E-state index is 5.72. The van der Waals surface area contributed by atoms with Crippen molar-refractivity contribution in [2.45, 2.75) is 45.6 Å². The van der Waals surface area contributed by atoms with Gasteiger partial charge in [0, 0.05) is 12.6 Å². The van der Waals surface area contributed by atoms with E-state index in [1.807, 2.05) is 24.3 Å². The molecule has 1 saturated carbocycles. The molecule has 1 aliphatic rings. The Morgan fingerprint density at radius 3 is 2.30 bits per heavy atom. The predicted octanol–water partition coefficient (Wildman–Crippen LogP) is 3.63. The Labute approximate surface area is 122 Å². The summed E-state index contributed by atoms with van der Waals surface area (Å²) >= 11 is 0. The molecular weight excluding hydrogens is 250 g/mol. The van der Waals surface area contributed by atoms with Crippen molar-refractivity contribution in [3.05, 3.63) is 24.3 Å². The second-order valence-corrected chi connectivity index (χ2v) is 6.42. The van der Waals surface area contributed by atoms with Gasteiger partial charge in [-0.1, -0.05) is 13.8 Å². The van der Waals surface area contributed by atoms with Gasteiger partial charge in [0.15, 0.2) is 0 Å². The summed E-state index contributed by atoms with van der Waals surface area (Å²) in [5.74, 6) is 1.76. The minimum Gasteiger partial charge on any atom is -0.497 e. The van der Waals surface area contributed by atoms with Crippen LogP contribution in [0.4, 0.5) is 0 Å². The van der Waals surface area contributed by atoms with Crippen molar-refractivity contribution in [2.75, 3.05) is 20.3 Å². The molecule has 3 heteroatoms. The van der Waals surface area contributed by atoms with Crippen molar-refractivity contribution in [1.82, 2.24) is 5.32 Å². The van der Waals surface area contributed by atoms with E-state index in [0.29, 0.717) is 18.1 Å². The Hall–Kier alpha value is -1.22. The average Bonchev–Trinajstić information content (AvgIpc) is 2.46. The molecule has 0 unspecified atom stereocenters. The van der Waals surface area contributed by atoms with Crippen molar-refractivity contribution >= 4 is 0 Å². The van der Waals surface area contributed by atoms with Gasteiger partial charge >= 0.3 is 0 Å². The van der Waals surface area contributed by atoms with Crippen LogP contribution in [0.1, 0.15) is 39.5 Å². The lowest BCUT2D eigenvalue weighted by Gasteiger charge is -2.34. The molecule has 112 valence electrons. The van der Waals surface area contributed by atoms with Crippen molar-refractivity contribution < 1.29 is 9.47 Å². The number of nitrogens with one attached hydrogen (secondary N) is 1. The second-order valence-electron chi connectivity index (χ2n) is 6.42. The van der Waals surface area contributed by atoms with Crippen molar-refractivity contribution in [3.63, 3.8) is 0 Å². The number of benzene rings is 1. The molecule has 0 spiro atoms. The zero-order valence-corrected chi connectivity index (χ0v) is 12.9. The van der Waals surface area contributed by atoms with Crippen LogP contribution in [0.5, 0.6) is 11.5 Å². The molecule has 0 heterocycles. The summed E-state index contributed by atoms with van der Waals surface area (Å²) in [7, 11) is 1.67. The molecule has 20 heavy (non-hydrogen) atoms. The van der Waals surface area contributed by atoms with E-state index in [9.17, 15) is 0 Å². The standard InChI is InChI=1S/C17H27NO2/c1-17(2)10-8-14(9-11-17)18-12-13-20-16-6-4-15(19-3)5-7-16/h4-7,14,18H,8-13H2,1-3H3. The van der Waals surface area contributed by atoms with Gasteiger partial charge < -0.3 is 14.8 Å². The first kappa shape index (κ1) is 15.2. The van der Waals surface area contributed by atoms with Gasteiger partial charge in [0.25, 0.3) is 0 Å². The summed E-state index contributed by atoms with van der Waals surface area (Å²) in [6, 6.07) is 8.41. The number of hydrogen-bond donors (Lipinski definition) is 1. The topological polar surface area (TPSA) is 30.5 Å². The monoisotopic (exact) mass is 277 g/mol. The molecule has 0 aliphatic heterocycles. The summed E-state index contributed by atoms with van der Waals surface area (Å²) in [5.41, 5.74) is 0.539. The van der Waals surface area contributed by atoms with Crippen LogP contribution in [0, 0.1) is 5.41 Å². The molecule has 1 N–H and O–H groups in total. The zero-order valence-electron chi connectivity index (χ0n) is 12.9. The van der Waals surface area contributed by atoms with E-state index in [2.05, 4.69) is 19.2 Å². The summed E-state index contributed by atoms with van der Waals surface area (Å²) < 4.78 is 10.8. The van der Waals surface area contributed by atoms with Gasteiger partial charge in [-0.2, -0.15) is 0 Å². The third-order valence-electron chi connectivity index (χ3n) is 4.20. The summed E-state index contributed by atoms with van der Waals surface area (Å²) in [4.78, 5) is 0. The Balaban J connectivity index is 1.61. The van der Waals surface area contributed by atoms with E-state index in [1.165, 1.54) is 25.7 Å². The van der Waals surface area contributed by atoms with E-state index in [0.717, 1.165) is 18.0 Å². The molecule has 0 saturated heterocycles. The first-order valence-electron chi connectivity index (χ1n) is 7.59. The van der Waals surface area contributed by atoms with Crippen LogP contribution in [0.3, 0.4) is 0 Å². The predicted molar refractivity (Wildman–Crippen MR) is 82.5 cm³/mol. The summed E-state index contributed by atoms with van der Waals surface area (Å²) in [6.45, 7) is 6.37. The van der Waals surface area contributed by atoms with E-state index in [4.69, 9.17) is 9.47 Å². The molecule has 1 fully saturated rings. The first-order chi connectivity index (χ1) is 9.59. The molecule has 0 atom stereocenters.